The predicted molar refractivity (Wildman–Crippen MR) is 128 cm³/mol. The molecule has 0 unspecified atom stereocenters. The van der Waals surface area contributed by atoms with Gasteiger partial charge in [0.05, 0.1) is 32.8 Å². The summed E-state index contributed by atoms with van der Waals surface area (Å²) in [6.45, 7) is 3.79. The fourth-order valence-electron chi connectivity index (χ4n) is 4.53. The summed E-state index contributed by atoms with van der Waals surface area (Å²) < 4.78 is 58.3. The second-order valence-corrected chi connectivity index (χ2v) is 10.5. The third-order valence-electron chi connectivity index (χ3n) is 6.37. The molecule has 3 aromatic carbocycles. The van der Waals surface area contributed by atoms with Crippen molar-refractivity contribution in [2.75, 3.05) is 27.9 Å². The molecule has 9 heteroatoms. The highest BCUT2D eigenvalue weighted by Crippen LogP contribution is 2.54. The maximum absolute atomic E-state index is 13.8. The first kappa shape index (κ1) is 23.5. The van der Waals surface area contributed by atoms with Gasteiger partial charge in [0.1, 0.15) is 5.75 Å². The Kier molecular flexibility index (Phi) is 5.66. The van der Waals surface area contributed by atoms with Crippen LogP contribution in [0.3, 0.4) is 0 Å². The molecule has 5 rings (SSSR count). The molecule has 0 N–H and O–H groups in total. The van der Waals surface area contributed by atoms with Gasteiger partial charge in [0.15, 0.2) is 17.7 Å². The number of sulfonamides is 1. The van der Waals surface area contributed by atoms with E-state index in [-0.39, 0.29) is 11.4 Å². The summed E-state index contributed by atoms with van der Waals surface area (Å²) in [6, 6.07) is 15.9. The third kappa shape index (κ3) is 3.71. The van der Waals surface area contributed by atoms with Crippen LogP contribution in [0.15, 0.2) is 59.5 Å². The Labute approximate surface area is 205 Å². The molecule has 0 radical (unpaired) electrons. The normalized spacial score (nSPS) is 21.2. The third-order valence-corrected chi connectivity index (χ3v) is 8.18. The van der Waals surface area contributed by atoms with Crippen LogP contribution in [0.25, 0.3) is 0 Å². The number of ether oxygens (including phenoxy) is 5. The van der Waals surface area contributed by atoms with Crippen LogP contribution in [0.1, 0.15) is 28.5 Å². The van der Waals surface area contributed by atoms with Gasteiger partial charge in [-0.25, -0.2) is 8.42 Å². The Morgan fingerprint density at radius 1 is 0.886 bits per heavy atom. The van der Waals surface area contributed by atoms with Crippen LogP contribution in [0.5, 0.6) is 23.0 Å². The summed E-state index contributed by atoms with van der Waals surface area (Å²) >= 11 is 0. The summed E-state index contributed by atoms with van der Waals surface area (Å²) in [7, 11) is 0.647. The largest absolute Gasteiger partial charge is 0.493 e. The van der Waals surface area contributed by atoms with Crippen molar-refractivity contribution in [3.63, 3.8) is 0 Å². The number of nitrogens with zero attached hydrogens (tertiary/aromatic N) is 1. The topological polar surface area (TPSA) is 83.5 Å². The van der Waals surface area contributed by atoms with Gasteiger partial charge in [-0.05, 0) is 49.7 Å². The van der Waals surface area contributed by atoms with E-state index >= 15 is 0 Å². The summed E-state index contributed by atoms with van der Waals surface area (Å²) in [5.41, 5.74) is 3.15. The van der Waals surface area contributed by atoms with Gasteiger partial charge in [0.2, 0.25) is 15.8 Å². The molecule has 184 valence electrons. The Morgan fingerprint density at radius 3 is 2.11 bits per heavy atom. The lowest BCUT2D eigenvalue weighted by Gasteiger charge is -2.35. The molecule has 0 aromatic heterocycles. The number of methoxy groups -OCH3 is 3. The van der Waals surface area contributed by atoms with Gasteiger partial charge in [-0.1, -0.05) is 29.8 Å². The molecule has 0 aliphatic carbocycles. The summed E-state index contributed by atoms with van der Waals surface area (Å²) in [5, 5.41) is 0. The average Bonchev–Trinajstić information content (AvgIpc) is 3.18. The highest BCUT2D eigenvalue weighted by atomic mass is 32.2. The van der Waals surface area contributed by atoms with E-state index in [1.165, 1.54) is 25.6 Å². The van der Waals surface area contributed by atoms with Crippen molar-refractivity contribution in [3.8, 4) is 23.0 Å². The molecule has 2 aliphatic heterocycles. The van der Waals surface area contributed by atoms with E-state index in [1.54, 1.807) is 36.4 Å². The molecule has 3 aromatic rings. The average molecular weight is 498 g/mol. The number of benzene rings is 3. The van der Waals surface area contributed by atoms with Gasteiger partial charge in [-0.15, -0.1) is 0 Å². The molecular formula is C26H27NO7S. The number of rotatable bonds is 6. The van der Waals surface area contributed by atoms with E-state index in [0.29, 0.717) is 34.1 Å². The maximum Gasteiger partial charge on any atom is 0.253 e. The highest BCUT2D eigenvalue weighted by Gasteiger charge is 2.57. The van der Waals surface area contributed by atoms with Crippen molar-refractivity contribution < 1.29 is 32.1 Å². The van der Waals surface area contributed by atoms with Crippen molar-refractivity contribution in [2.24, 2.45) is 0 Å². The van der Waals surface area contributed by atoms with Crippen LogP contribution >= 0.6 is 0 Å². The zero-order valence-electron chi connectivity index (χ0n) is 20.2. The minimum absolute atomic E-state index is 0.0692. The SMILES string of the molecule is COc1cc([C@]23CN(S(=O)(=O)c4ccc(C)cc4)[C@H](O2)c2ccc(C)cc2O3)cc(OC)c1OC. The lowest BCUT2D eigenvalue weighted by atomic mass is 10.0. The molecular weight excluding hydrogens is 470 g/mol. The second kappa shape index (κ2) is 8.44. The van der Waals surface area contributed by atoms with Crippen molar-refractivity contribution in [1.82, 2.24) is 4.31 Å². The standard InChI is InChI=1S/C26H27NO7S/c1-16-6-9-19(10-7-16)35(28,29)27-15-26(18-13-22(30-3)24(32-5)23(14-18)31-4)33-21-12-17(2)8-11-20(21)25(27)34-26/h6-14,25H,15H2,1-5H3/t25-,26+/m1/s1. The first-order valence-electron chi connectivity index (χ1n) is 11.1. The zero-order chi connectivity index (χ0) is 25.0. The number of hydrogen-bond donors (Lipinski definition) is 0. The van der Waals surface area contributed by atoms with E-state index < -0.39 is 22.0 Å². The smallest absolute Gasteiger partial charge is 0.253 e. The molecule has 2 atom stereocenters. The fourth-order valence-corrected chi connectivity index (χ4v) is 6.03. The summed E-state index contributed by atoms with van der Waals surface area (Å²) in [4.78, 5) is 0.188. The predicted octanol–water partition coefficient (Wildman–Crippen LogP) is 4.29. The highest BCUT2D eigenvalue weighted by molar-refractivity contribution is 7.89. The van der Waals surface area contributed by atoms with Gasteiger partial charge in [0.25, 0.3) is 5.79 Å². The fraction of sp³-hybridized carbons (Fsp3) is 0.308. The summed E-state index contributed by atoms with van der Waals surface area (Å²) in [6.07, 6.45) is -0.871. The summed E-state index contributed by atoms with van der Waals surface area (Å²) in [5.74, 6) is 0.387. The quantitative estimate of drug-likeness (QED) is 0.502. The lowest BCUT2D eigenvalue weighted by molar-refractivity contribution is -0.194. The van der Waals surface area contributed by atoms with Gasteiger partial charge in [-0.2, -0.15) is 4.31 Å². The Balaban J connectivity index is 1.69. The van der Waals surface area contributed by atoms with Crippen molar-refractivity contribution in [3.05, 3.63) is 76.9 Å². The molecule has 1 fully saturated rings. The van der Waals surface area contributed by atoms with Crippen LogP contribution in [0.4, 0.5) is 0 Å². The van der Waals surface area contributed by atoms with Crippen LogP contribution in [-0.2, 0) is 20.5 Å². The minimum Gasteiger partial charge on any atom is -0.493 e. The number of aryl methyl sites for hydroxylation is 2. The zero-order valence-corrected chi connectivity index (χ0v) is 21.0. The lowest BCUT2D eigenvalue weighted by Crippen LogP contribution is -2.39. The van der Waals surface area contributed by atoms with E-state index in [9.17, 15) is 8.42 Å². The van der Waals surface area contributed by atoms with E-state index in [0.717, 1.165) is 11.1 Å². The Morgan fingerprint density at radius 2 is 1.51 bits per heavy atom. The van der Waals surface area contributed by atoms with Crippen molar-refractivity contribution in [2.45, 2.75) is 30.8 Å². The molecule has 0 saturated carbocycles. The molecule has 8 nitrogen and oxygen atoms in total. The van der Waals surface area contributed by atoms with Gasteiger partial charge >= 0.3 is 0 Å². The van der Waals surface area contributed by atoms with Crippen molar-refractivity contribution >= 4 is 10.0 Å². The van der Waals surface area contributed by atoms with Gasteiger partial charge in [-0.3, -0.25) is 0 Å². The Hall–Kier alpha value is -3.27. The molecule has 2 heterocycles. The van der Waals surface area contributed by atoms with Crippen LogP contribution in [0.2, 0.25) is 0 Å². The van der Waals surface area contributed by atoms with E-state index in [1.807, 2.05) is 32.0 Å². The second-order valence-electron chi connectivity index (χ2n) is 8.64. The first-order chi connectivity index (χ1) is 16.7. The number of fused-ring (bicyclic) bond motifs is 4. The van der Waals surface area contributed by atoms with E-state index in [2.05, 4.69) is 0 Å². The number of hydrogen-bond acceptors (Lipinski definition) is 7. The maximum atomic E-state index is 13.8. The molecule has 2 aliphatic rings. The Bertz CT molecular complexity index is 1360. The molecule has 0 spiro atoms. The molecule has 2 bridgehead atoms. The monoisotopic (exact) mass is 497 g/mol. The molecule has 1 saturated heterocycles. The van der Waals surface area contributed by atoms with Crippen LogP contribution in [0, 0.1) is 13.8 Å². The van der Waals surface area contributed by atoms with Gasteiger partial charge in [0, 0.05) is 11.1 Å². The molecule has 0 amide bonds. The van der Waals surface area contributed by atoms with Crippen LogP contribution in [-0.4, -0.2) is 40.6 Å². The van der Waals surface area contributed by atoms with Gasteiger partial charge < -0.3 is 23.7 Å². The molecule has 35 heavy (non-hydrogen) atoms. The minimum atomic E-state index is -3.91. The van der Waals surface area contributed by atoms with Crippen molar-refractivity contribution in [1.29, 1.82) is 0 Å². The van der Waals surface area contributed by atoms with E-state index in [4.69, 9.17) is 23.7 Å². The first-order valence-corrected chi connectivity index (χ1v) is 12.5. The van der Waals surface area contributed by atoms with Crippen LogP contribution < -0.4 is 18.9 Å².